The van der Waals surface area contributed by atoms with Gasteiger partial charge in [0.1, 0.15) is 0 Å². The molecule has 20 heavy (non-hydrogen) atoms. The second kappa shape index (κ2) is 5.78. The summed E-state index contributed by atoms with van der Waals surface area (Å²) in [5.74, 6) is 2.01. The predicted octanol–water partition coefficient (Wildman–Crippen LogP) is 2.68. The lowest BCUT2D eigenvalue weighted by Crippen LogP contribution is -2.25. The van der Waals surface area contributed by atoms with Gasteiger partial charge in [-0.2, -0.15) is 5.10 Å². The van der Waals surface area contributed by atoms with E-state index in [2.05, 4.69) is 40.0 Å². The zero-order valence-corrected chi connectivity index (χ0v) is 13.9. The van der Waals surface area contributed by atoms with E-state index in [1.807, 2.05) is 10.9 Å². The van der Waals surface area contributed by atoms with Crippen LogP contribution in [0.5, 0.6) is 0 Å². The third-order valence-corrected chi connectivity index (χ3v) is 5.68. The second-order valence-corrected chi connectivity index (χ2v) is 7.54. The van der Waals surface area contributed by atoms with Crippen LogP contribution in [0.25, 0.3) is 0 Å². The molecule has 4 unspecified atom stereocenters. The lowest BCUT2D eigenvalue weighted by atomic mass is 9.83. The monoisotopic (exact) mass is 341 g/mol. The van der Waals surface area contributed by atoms with Gasteiger partial charge in [-0.05, 0) is 67.0 Å². The molecule has 3 rings (SSSR count). The van der Waals surface area contributed by atoms with E-state index in [0.29, 0.717) is 5.92 Å². The Kier molecular flexibility index (Phi) is 4.20. The normalized spacial score (nSPS) is 30.4. The average Bonchev–Trinajstić information content (AvgIpc) is 3.10. The van der Waals surface area contributed by atoms with Crippen LogP contribution in [0.1, 0.15) is 37.5 Å². The van der Waals surface area contributed by atoms with Crippen molar-refractivity contribution in [3.8, 4) is 0 Å². The summed E-state index contributed by atoms with van der Waals surface area (Å²) in [6, 6.07) is 0. The number of halogens is 1. The Bertz CT molecular complexity index is 474. The van der Waals surface area contributed by atoms with Crippen LogP contribution in [0.15, 0.2) is 10.7 Å². The van der Waals surface area contributed by atoms with Crippen LogP contribution in [-0.4, -0.2) is 40.4 Å². The van der Waals surface area contributed by atoms with Crippen molar-refractivity contribution in [2.75, 3.05) is 20.6 Å². The highest BCUT2D eigenvalue weighted by atomic mass is 79.9. The summed E-state index contributed by atoms with van der Waals surface area (Å²) in [6.07, 6.45) is 6.64. The number of nitrogens with zero attached hydrogens (tertiary/aromatic N) is 3. The van der Waals surface area contributed by atoms with Crippen molar-refractivity contribution in [1.29, 1.82) is 0 Å². The maximum Gasteiger partial charge on any atom is 0.0998 e. The van der Waals surface area contributed by atoms with Crippen LogP contribution in [0.4, 0.5) is 0 Å². The van der Waals surface area contributed by atoms with Gasteiger partial charge in [-0.15, -0.1) is 0 Å². The molecule has 1 heterocycles. The number of aliphatic hydroxyl groups is 1. The van der Waals surface area contributed by atoms with Crippen molar-refractivity contribution in [2.45, 2.75) is 38.3 Å². The van der Waals surface area contributed by atoms with Crippen LogP contribution in [0.3, 0.4) is 0 Å². The molecule has 2 fully saturated rings. The third-order valence-electron chi connectivity index (χ3n) is 5.07. The van der Waals surface area contributed by atoms with Crippen molar-refractivity contribution in [3.63, 3.8) is 0 Å². The van der Waals surface area contributed by atoms with Crippen molar-refractivity contribution in [3.05, 3.63) is 16.4 Å². The maximum absolute atomic E-state index is 10.9. The number of aliphatic hydroxyl groups excluding tert-OH is 1. The Labute approximate surface area is 129 Å². The molecule has 0 amide bonds. The van der Waals surface area contributed by atoms with E-state index in [-0.39, 0.29) is 6.10 Å². The molecule has 1 aromatic heterocycles. The van der Waals surface area contributed by atoms with E-state index in [4.69, 9.17) is 0 Å². The van der Waals surface area contributed by atoms with Crippen LogP contribution < -0.4 is 0 Å². The van der Waals surface area contributed by atoms with E-state index in [0.717, 1.165) is 35.1 Å². The molecular weight excluding hydrogens is 318 g/mol. The first-order valence-corrected chi connectivity index (χ1v) is 8.39. The molecule has 1 aromatic rings. The molecule has 4 atom stereocenters. The molecule has 0 aromatic carbocycles. The Morgan fingerprint density at radius 1 is 1.45 bits per heavy atom. The third kappa shape index (κ3) is 2.68. The van der Waals surface area contributed by atoms with Crippen molar-refractivity contribution < 1.29 is 5.11 Å². The van der Waals surface area contributed by atoms with Crippen LogP contribution >= 0.6 is 15.9 Å². The van der Waals surface area contributed by atoms with Gasteiger partial charge in [0.25, 0.3) is 0 Å². The quantitative estimate of drug-likeness (QED) is 0.895. The van der Waals surface area contributed by atoms with Gasteiger partial charge in [-0.1, -0.05) is 6.42 Å². The van der Waals surface area contributed by atoms with Gasteiger partial charge in [0.2, 0.25) is 0 Å². The molecule has 0 aliphatic heterocycles. The van der Waals surface area contributed by atoms with Crippen molar-refractivity contribution in [2.24, 2.45) is 17.8 Å². The Morgan fingerprint density at radius 2 is 2.25 bits per heavy atom. The molecule has 5 heteroatoms. The van der Waals surface area contributed by atoms with Crippen LogP contribution in [0.2, 0.25) is 0 Å². The zero-order valence-electron chi connectivity index (χ0n) is 12.3. The Morgan fingerprint density at radius 3 is 2.85 bits per heavy atom. The summed E-state index contributed by atoms with van der Waals surface area (Å²) in [5.41, 5.74) is 0.976. The molecule has 2 aliphatic carbocycles. The summed E-state index contributed by atoms with van der Waals surface area (Å²) in [5, 5.41) is 15.3. The highest BCUT2D eigenvalue weighted by Gasteiger charge is 2.44. The Balaban J connectivity index is 1.76. The predicted molar refractivity (Wildman–Crippen MR) is 82.4 cm³/mol. The average molecular weight is 342 g/mol. The molecule has 112 valence electrons. The minimum absolute atomic E-state index is 0.371. The fourth-order valence-corrected chi connectivity index (χ4v) is 4.55. The SMILES string of the molecule is CN(C)CCn1ncc(Br)c1C(O)C1CC2CCC1C2. The van der Waals surface area contributed by atoms with E-state index in [1.165, 1.54) is 25.7 Å². The lowest BCUT2D eigenvalue weighted by Gasteiger charge is -2.27. The minimum atomic E-state index is -0.371. The first kappa shape index (κ1) is 14.5. The van der Waals surface area contributed by atoms with E-state index < -0.39 is 0 Å². The van der Waals surface area contributed by atoms with Crippen LogP contribution in [0, 0.1) is 17.8 Å². The summed E-state index contributed by atoms with van der Waals surface area (Å²) in [7, 11) is 4.12. The van der Waals surface area contributed by atoms with Crippen LogP contribution in [-0.2, 0) is 6.54 Å². The number of aromatic nitrogens is 2. The molecule has 1 N–H and O–H groups in total. The van der Waals surface area contributed by atoms with Gasteiger partial charge in [0.05, 0.1) is 29.0 Å². The molecule has 0 spiro atoms. The number of hydrogen-bond acceptors (Lipinski definition) is 3. The zero-order chi connectivity index (χ0) is 14.3. The van der Waals surface area contributed by atoms with Gasteiger partial charge < -0.3 is 10.0 Å². The van der Waals surface area contributed by atoms with E-state index in [1.54, 1.807) is 0 Å². The van der Waals surface area contributed by atoms with Gasteiger partial charge in [0.15, 0.2) is 0 Å². The number of rotatable bonds is 5. The molecule has 4 nitrogen and oxygen atoms in total. The molecule has 0 radical (unpaired) electrons. The number of hydrogen-bond donors (Lipinski definition) is 1. The molecule has 2 aliphatic rings. The fraction of sp³-hybridized carbons (Fsp3) is 0.800. The van der Waals surface area contributed by atoms with Gasteiger partial charge >= 0.3 is 0 Å². The summed E-state index contributed by atoms with van der Waals surface area (Å²) < 4.78 is 2.92. The largest absolute Gasteiger partial charge is 0.386 e. The van der Waals surface area contributed by atoms with E-state index >= 15 is 0 Å². The summed E-state index contributed by atoms with van der Waals surface area (Å²) in [4.78, 5) is 2.14. The topological polar surface area (TPSA) is 41.3 Å². The van der Waals surface area contributed by atoms with Gasteiger partial charge in [-0.3, -0.25) is 4.68 Å². The molecular formula is C15H24BrN3O. The maximum atomic E-state index is 10.9. The highest BCUT2D eigenvalue weighted by molar-refractivity contribution is 9.10. The van der Waals surface area contributed by atoms with Crippen molar-refractivity contribution >= 4 is 15.9 Å². The minimum Gasteiger partial charge on any atom is -0.386 e. The standard InChI is InChI=1S/C15H24BrN3O/c1-18(2)5-6-19-14(13(16)9-17-19)15(20)12-8-10-3-4-11(12)7-10/h9-12,15,20H,3-8H2,1-2H3. The summed E-state index contributed by atoms with van der Waals surface area (Å²) >= 11 is 3.57. The van der Waals surface area contributed by atoms with E-state index in [9.17, 15) is 5.11 Å². The second-order valence-electron chi connectivity index (χ2n) is 6.69. The molecule has 0 saturated heterocycles. The molecule has 2 saturated carbocycles. The highest BCUT2D eigenvalue weighted by Crippen LogP contribution is 2.53. The smallest absolute Gasteiger partial charge is 0.0998 e. The molecule has 2 bridgehead atoms. The summed E-state index contributed by atoms with van der Waals surface area (Å²) in [6.45, 7) is 1.76. The first-order chi connectivity index (χ1) is 9.56. The number of fused-ring (bicyclic) bond motifs is 2. The lowest BCUT2D eigenvalue weighted by molar-refractivity contribution is 0.0657. The number of likely N-dealkylation sites (N-methyl/N-ethyl adjacent to an activating group) is 1. The van der Waals surface area contributed by atoms with Gasteiger partial charge in [0, 0.05) is 6.54 Å². The Hall–Kier alpha value is -0.390. The van der Waals surface area contributed by atoms with Gasteiger partial charge in [-0.25, -0.2) is 0 Å². The fourth-order valence-electron chi connectivity index (χ4n) is 4.02. The first-order valence-electron chi connectivity index (χ1n) is 7.60. The van der Waals surface area contributed by atoms with Crippen molar-refractivity contribution in [1.82, 2.24) is 14.7 Å².